The number of benzene rings is 2. The highest BCUT2D eigenvalue weighted by Crippen LogP contribution is 2.32. The highest BCUT2D eigenvalue weighted by Gasteiger charge is 2.27. The lowest BCUT2D eigenvalue weighted by atomic mass is 10.1. The van der Waals surface area contributed by atoms with Crippen molar-refractivity contribution in [1.82, 2.24) is 15.6 Å². The number of hydrogen-bond acceptors (Lipinski definition) is 13. The predicted molar refractivity (Wildman–Crippen MR) is 168 cm³/mol. The van der Waals surface area contributed by atoms with E-state index in [-0.39, 0.29) is 60.8 Å². The Kier molecular flexibility index (Phi) is 14.5. The van der Waals surface area contributed by atoms with Gasteiger partial charge in [0.15, 0.2) is 22.6 Å². The minimum absolute atomic E-state index is 0. The molecule has 0 unspecified atom stereocenters. The Morgan fingerprint density at radius 2 is 1.20 bits per heavy atom. The van der Waals surface area contributed by atoms with Gasteiger partial charge in [0.25, 0.3) is 11.8 Å². The zero-order valence-corrected chi connectivity index (χ0v) is 26.9. The van der Waals surface area contributed by atoms with Gasteiger partial charge < -0.3 is 43.8 Å². The van der Waals surface area contributed by atoms with Crippen molar-refractivity contribution in [3.8, 4) is 34.4 Å². The van der Waals surface area contributed by atoms with Gasteiger partial charge in [-0.25, -0.2) is 14.4 Å². The summed E-state index contributed by atoms with van der Waals surface area (Å²) in [4.78, 5) is 35.5. The highest BCUT2D eigenvalue weighted by molar-refractivity contribution is 5.98. The standard InChI is InChI=1S/C18H22N2O6.C13H14N2O4.ClH/c1-18(2,3)25-17(22)19-10-11-24-15-13(16(21)23-4)14(26-20-15)12-8-6-5-7-9-12;1-17-13(16)10-11(9-5-3-2-4-6-9)19-15-12(10)18-8-7-14;/h5-9H,10-11H2,1-4H3,(H,19,22);2-6H,7-8,14H2,1H3;1H. The Labute approximate surface area is 271 Å². The molecule has 0 spiro atoms. The lowest BCUT2D eigenvalue weighted by Gasteiger charge is -2.19. The molecule has 4 rings (SSSR count). The third-order valence-corrected chi connectivity index (χ3v) is 5.54. The van der Waals surface area contributed by atoms with E-state index >= 15 is 0 Å². The number of alkyl carbamates (subject to hydrolysis) is 1. The summed E-state index contributed by atoms with van der Waals surface area (Å²) in [7, 11) is 2.55. The van der Waals surface area contributed by atoms with Crippen molar-refractivity contribution in [3.63, 3.8) is 0 Å². The second-order valence-electron chi connectivity index (χ2n) is 10.0. The van der Waals surface area contributed by atoms with E-state index in [1.807, 2.05) is 36.4 Å². The maximum atomic E-state index is 12.1. The third-order valence-electron chi connectivity index (χ3n) is 5.54. The van der Waals surface area contributed by atoms with E-state index in [9.17, 15) is 14.4 Å². The number of rotatable bonds is 11. The minimum atomic E-state index is -0.625. The van der Waals surface area contributed by atoms with Crippen molar-refractivity contribution in [1.29, 1.82) is 0 Å². The van der Waals surface area contributed by atoms with Crippen molar-refractivity contribution in [3.05, 3.63) is 71.8 Å². The molecule has 0 aliphatic rings. The fraction of sp³-hybridized carbons (Fsp3) is 0.323. The zero-order valence-electron chi connectivity index (χ0n) is 26.1. The molecule has 2 heterocycles. The average Bonchev–Trinajstić information content (AvgIpc) is 3.66. The Hall–Kier alpha value is -5.08. The Bertz CT molecular complexity index is 1540. The molecule has 0 saturated heterocycles. The summed E-state index contributed by atoms with van der Waals surface area (Å²) >= 11 is 0. The average molecular weight is 661 g/mol. The van der Waals surface area contributed by atoms with Crippen molar-refractivity contribution < 1.29 is 47.1 Å². The number of esters is 2. The van der Waals surface area contributed by atoms with Crippen LogP contribution in [0.5, 0.6) is 11.8 Å². The number of carbonyl (C=O) groups excluding carboxylic acids is 3. The third kappa shape index (κ3) is 10.5. The maximum absolute atomic E-state index is 12.1. The number of aromatic nitrogens is 2. The first-order chi connectivity index (χ1) is 21.6. The van der Waals surface area contributed by atoms with Gasteiger partial charge in [-0.3, -0.25) is 0 Å². The maximum Gasteiger partial charge on any atom is 0.407 e. The van der Waals surface area contributed by atoms with Crippen LogP contribution in [0, 0.1) is 0 Å². The smallest absolute Gasteiger partial charge is 0.407 e. The van der Waals surface area contributed by atoms with Crippen LogP contribution in [0.3, 0.4) is 0 Å². The monoisotopic (exact) mass is 660 g/mol. The molecule has 2 aromatic heterocycles. The molecule has 248 valence electrons. The highest BCUT2D eigenvalue weighted by atomic mass is 35.5. The van der Waals surface area contributed by atoms with Crippen LogP contribution in [-0.2, 0) is 14.2 Å². The number of nitrogens with one attached hydrogen (secondary N) is 1. The largest absolute Gasteiger partial charge is 0.474 e. The number of nitrogens with two attached hydrogens (primary N) is 1. The molecule has 0 fully saturated rings. The van der Waals surface area contributed by atoms with E-state index < -0.39 is 23.6 Å². The van der Waals surface area contributed by atoms with Crippen LogP contribution in [0.4, 0.5) is 4.79 Å². The first-order valence-electron chi connectivity index (χ1n) is 13.8. The topological polar surface area (TPSA) is 187 Å². The Morgan fingerprint density at radius 3 is 1.59 bits per heavy atom. The lowest BCUT2D eigenvalue weighted by molar-refractivity contribution is 0.0514. The molecule has 14 nitrogen and oxygen atoms in total. The van der Waals surface area contributed by atoms with Gasteiger partial charge in [0.05, 0.1) is 20.8 Å². The summed E-state index contributed by atoms with van der Waals surface area (Å²) in [5.41, 5.74) is 6.42. The van der Waals surface area contributed by atoms with Crippen LogP contribution >= 0.6 is 12.4 Å². The molecule has 0 bridgehead atoms. The molecular formula is C31H37ClN4O10. The first-order valence-corrected chi connectivity index (χ1v) is 13.8. The molecule has 46 heavy (non-hydrogen) atoms. The fourth-order valence-corrected chi connectivity index (χ4v) is 3.66. The van der Waals surface area contributed by atoms with Crippen LogP contribution in [0.1, 0.15) is 41.5 Å². The van der Waals surface area contributed by atoms with Gasteiger partial charge in [-0.2, -0.15) is 0 Å². The van der Waals surface area contributed by atoms with E-state index in [2.05, 4.69) is 15.6 Å². The number of hydrogen-bond donors (Lipinski definition) is 2. The van der Waals surface area contributed by atoms with Crippen molar-refractivity contribution in [2.24, 2.45) is 5.73 Å². The van der Waals surface area contributed by atoms with Gasteiger partial charge in [-0.1, -0.05) is 60.7 Å². The lowest BCUT2D eigenvalue weighted by Crippen LogP contribution is -2.34. The summed E-state index contributed by atoms with van der Waals surface area (Å²) in [6.07, 6.45) is -0.556. The molecule has 15 heteroatoms. The van der Waals surface area contributed by atoms with E-state index in [1.165, 1.54) is 14.2 Å². The minimum Gasteiger partial charge on any atom is -0.474 e. The van der Waals surface area contributed by atoms with Crippen LogP contribution < -0.4 is 20.5 Å². The van der Waals surface area contributed by atoms with Crippen LogP contribution in [-0.4, -0.2) is 74.5 Å². The molecule has 1 amide bonds. The Balaban J connectivity index is 0.000000328. The number of ether oxygens (including phenoxy) is 5. The molecule has 0 radical (unpaired) electrons. The molecule has 0 aliphatic carbocycles. The van der Waals surface area contributed by atoms with Crippen LogP contribution in [0.15, 0.2) is 69.7 Å². The van der Waals surface area contributed by atoms with Gasteiger partial charge in [-0.15, -0.1) is 12.4 Å². The number of halogens is 1. The predicted octanol–water partition coefficient (Wildman–Crippen LogP) is 4.92. The first kappa shape index (κ1) is 37.1. The second-order valence-corrected chi connectivity index (χ2v) is 10.0. The SMILES string of the molecule is COC(=O)c1c(OCCN)noc1-c1ccccc1.COC(=O)c1c(OCCNC(=O)OC(C)(C)C)noc1-c1ccccc1.Cl. The zero-order chi connectivity index (χ0) is 32.8. The number of amides is 1. The van der Waals surface area contributed by atoms with Gasteiger partial charge in [0.2, 0.25) is 0 Å². The normalized spacial score (nSPS) is 10.4. The van der Waals surface area contributed by atoms with Crippen molar-refractivity contribution >= 4 is 30.4 Å². The Morgan fingerprint density at radius 1 is 0.761 bits per heavy atom. The van der Waals surface area contributed by atoms with Crippen molar-refractivity contribution in [2.75, 3.05) is 40.5 Å². The van der Waals surface area contributed by atoms with Crippen molar-refractivity contribution in [2.45, 2.75) is 26.4 Å². The van der Waals surface area contributed by atoms with Gasteiger partial charge >= 0.3 is 18.0 Å². The molecular weight excluding hydrogens is 624 g/mol. The molecule has 3 N–H and O–H groups in total. The summed E-state index contributed by atoms with van der Waals surface area (Å²) in [5.74, 6) is -0.516. The molecule has 2 aromatic carbocycles. The molecule has 4 aromatic rings. The molecule has 0 atom stereocenters. The quantitative estimate of drug-likeness (QED) is 0.125. The summed E-state index contributed by atoms with van der Waals surface area (Å²) in [6.45, 7) is 6.11. The molecule has 0 aliphatic heterocycles. The van der Waals surface area contributed by atoms with E-state index in [1.54, 1.807) is 45.0 Å². The van der Waals surface area contributed by atoms with Crippen LogP contribution in [0.2, 0.25) is 0 Å². The van der Waals surface area contributed by atoms with Gasteiger partial charge in [0.1, 0.15) is 18.8 Å². The number of methoxy groups -OCH3 is 2. The van der Waals surface area contributed by atoms with Crippen LogP contribution in [0.25, 0.3) is 22.6 Å². The van der Waals surface area contributed by atoms with Gasteiger partial charge in [0, 0.05) is 17.7 Å². The summed E-state index contributed by atoms with van der Waals surface area (Å²) < 4.78 is 35.8. The molecule has 0 saturated carbocycles. The van der Waals surface area contributed by atoms with E-state index in [4.69, 9.17) is 38.5 Å². The number of nitrogens with zero attached hydrogens (tertiary/aromatic N) is 2. The van der Waals surface area contributed by atoms with E-state index in [0.29, 0.717) is 17.9 Å². The van der Waals surface area contributed by atoms with E-state index in [0.717, 1.165) is 5.56 Å². The fourth-order valence-electron chi connectivity index (χ4n) is 3.66. The summed E-state index contributed by atoms with van der Waals surface area (Å²) in [5, 5.41) is 10.1. The summed E-state index contributed by atoms with van der Waals surface area (Å²) in [6, 6.07) is 18.2. The van der Waals surface area contributed by atoms with Gasteiger partial charge in [-0.05, 0) is 31.1 Å². The number of carbonyl (C=O) groups is 3. The second kappa shape index (κ2) is 18.0.